The van der Waals surface area contributed by atoms with Gasteiger partial charge in [0.2, 0.25) is 0 Å². The second-order valence-electron chi connectivity index (χ2n) is 2.46. The maximum atomic E-state index is 12.5. The lowest BCUT2D eigenvalue weighted by atomic mass is 10.3. The minimum atomic E-state index is -0.279. The second kappa shape index (κ2) is 3.53. The zero-order chi connectivity index (χ0) is 9.10. The van der Waals surface area contributed by atoms with Crippen LogP contribution in [0.3, 0.4) is 0 Å². The molecule has 0 saturated carbocycles. The van der Waals surface area contributed by atoms with Gasteiger partial charge in [-0.05, 0) is 12.1 Å². The number of hydrogen-bond donors (Lipinski definition) is 1. The van der Waals surface area contributed by atoms with Gasteiger partial charge in [0.15, 0.2) is 10.3 Å². The number of aromatic nitrogens is 1. The molecule has 1 N–H and O–H groups in total. The highest BCUT2D eigenvalue weighted by Crippen LogP contribution is 2.20. The molecule has 0 spiro atoms. The van der Waals surface area contributed by atoms with E-state index in [2.05, 4.69) is 10.3 Å². The van der Waals surface area contributed by atoms with E-state index in [0.29, 0.717) is 5.13 Å². The van der Waals surface area contributed by atoms with E-state index in [9.17, 15) is 4.39 Å². The third-order valence-corrected chi connectivity index (χ3v) is 2.20. The van der Waals surface area contributed by atoms with Crippen LogP contribution in [0.5, 0.6) is 0 Å². The van der Waals surface area contributed by atoms with Crippen molar-refractivity contribution in [3.05, 3.63) is 41.7 Å². The Balaban J connectivity index is 2.15. The van der Waals surface area contributed by atoms with E-state index in [1.54, 1.807) is 0 Å². The Morgan fingerprint density at radius 3 is 2.62 bits per heavy atom. The predicted molar refractivity (Wildman–Crippen MR) is 51.8 cm³/mol. The van der Waals surface area contributed by atoms with Gasteiger partial charge >= 0.3 is 0 Å². The summed E-state index contributed by atoms with van der Waals surface area (Å²) in [6.45, 7) is 0. The Morgan fingerprint density at radius 1 is 1.23 bits per heavy atom. The summed E-state index contributed by atoms with van der Waals surface area (Å²) in [7, 11) is 0. The first-order chi connectivity index (χ1) is 6.34. The Morgan fingerprint density at radius 2 is 2.00 bits per heavy atom. The molecule has 2 rings (SSSR count). The fourth-order valence-electron chi connectivity index (χ4n) is 0.957. The van der Waals surface area contributed by atoms with Crippen molar-refractivity contribution < 1.29 is 4.39 Å². The summed E-state index contributed by atoms with van der Waals surface area (Å²) in [4.78, 5) is 3.84. The van der Waals surface area contributed by atoms with Crippen molar-refractivity contribution in [1.29, 1.82) is 0 Å². The first-order valence-electron chi connectivity index (χ1n) is 3.78. The van der Waals surface area contributed by atoms with Gasteiger partial charge in [0, 0.05) is 5.69 Å². The smallest absolute Gasteiger partial charge is 0.198 e. The minimum Gasteiger partial charge on any atom is -0.331 e. The molecule has 0 aliphatic rings. The molecule has 0 fully saturated rings. The van der Waals surface area contributed by atoms with Gasteiger partial charge in [-0.25, -0.2) is 4.98 Å². The van der Waals surface area contributed by atoms with Crippen LogP contribution in [-0.2, 0) is 0 Å². The van der Waals surface area contributed by atoms with Gasteiger partial charge in [0.25, 0.3) is 0 Å². The number of nitrogens with zero attached hydrogens (tertiary/aromatic N) is 1. The predicted octanol–water partition coefficient (Wildman–Crippen LogP) is 3.03. The first-order valence-corrected chi connectivity index (χ1v) is 4.59. The van der Waals surface area contributed by atoms with Crippen LogP contribution in [0.4, 0.5) is 15.2 Å². The number of halogens is 1. The summed E-state index contributed by atoms with van der Waals surface area (Å²) in [6, 6.07) is 9.55. The molecule has 0 aliphatic heterocycles. The molecule has 13 heavy (non-hydrogen) atoms. The Kier molecular flexibility index (Phi) is 2.23. The molecule has 0 radical (unpaired) electrons. The molecule has 0 atom stereocenters. The van der Waals surface area contributed by atoms with Gasteiger partial charge < -0.3 is 5.32 Å². The summed E-state index contributed by atoms with van der Waals surface area (Å²) in [5, 5.41) is 3.29. The standard InChI is InChI=1S/C9H7FN2S/c10-8-6-11-9(13-8)12-7-4-2-1-3-5-7/h1-6H,(H,11,12). The Labute approximate surface area is 79.1 Å². The molecule has 1 aromatic carbocycles. The average molecular weight is 194 g/mol. The van der Waals surface area contributed by atoms with E-state index in [4.69, 9.17) is 0 Å². The number of para-hydroxylation sites is 1. The number of hydrogen-bond acceptors (Lipinski definition) is 3. The van der Waals surface area contributed by atoms with Crippen LogP contribution in [0.1, 0.15) is 0 Å². The largest absolute Gasteiger partial charge is 0.331 e. The molecule has 2 aromatic rings. The highest BCUT2D eigenvalue weighted by Gasteiger charge is 1.99. The van der Waals surface area contributed by atoms with Gasteiger partial charge in [-0.3, -0.25) is 0 Å². The van der Waals surface area contributed by atoms with Crippen LogP contribution < -0.4 is 5.32 Å². The molecule has 1 heterocycles. The fraction of sp³-hybridized carbons (Fsp3) is 0. The molecule has 1 aromatic heterocycles. The molecule has 0 amide bonds. The van der Waals surface area contributed by atoms with Crippen molar-refractivity contribution >= 4 is 22.2 Å². The van der Waals surface area contributed by atoms with Crippen molar-refractivity contribution in [1.82, 2.24) is 4.98 Å². The van der Waals surface area contributed by atoms with E-state index in [-0.39, 0.29) is 5.13 Å². The summed E-state index contributed by atoms with van der Waals surface area (Å²) in [5.74, 6) is 0. The highest BCUT2D eigenvalue weighted by atomic mass is 32.1. The highest BCUT2D eigenvalue weighted by molar-refractivity contribution is 7.14. The SMILES string of the molecule is Fc1cnc(Nc2ccccc2)s1. The number of thiazole rings is 1. The number of benzene rings is 1. The molecule has 0 saturated heterocycles. The summed E-state index contributed by atoms with van der Waals surface area (Å²) in [6.07, 6.45) is 1.20. The summed E-state index contributed by atoms with van der Waals surface area (Å²) >= 11 is 0.994. The third-order valence-electron chi connectivity index (χ3n) is 1.50. The van der Waals surface area contributed by atoms with Crippen LogP contribution in [0.2, 0.25) is 0 Å². The Hall–Kier alpha value is -1.42. The maximum absolute atomic E-state index is 12.5. The van der Waals surface area contributed by atoms with Gasteiger partial charge in [-0.15, -0.1) is 0 Å². The lowest BCUT2D eigenvalue weighted by Crippen LogP contribution is -1.87. The van der Waals surface area contributed by atoms with Crippen LogP contribution in [-0.4, -0.2) is 4.98 Å². The zero-order valence-electron chi connectivity index (χ0n) is 6.70. The first kappa shape index (κ1) is 8.19. The van der Waals surface area contributed by atoms with Crippen molar-refractivity contribution in [2.75, 3.05) is 5.32 Å². The van der Waals surface area contributed by atoms with Crippen molar-refractivity contribution in [3.63, 3.8) is 0 Å². The van der Waals surface area contributed by atoms with Crippen LogP contribution >= 0.6 is 11.3 Å². The lowest BCUT2D eigenvalue weighted by molar-refractivity contribution is 0.653. The molecule has 0 unspecified atom stereocenters. The number of nitrogens with one attached hydrogen (secondary N) is 1. The summed E-state index contributed by atoms with van der Waals surface area (Å²) < 4.78 is 12.5. The van der Waals surface area contributed by atoms with Crippen molar-refractivity contribution in [2.24, 2.45) is 0 Å². The van der Waals surface area contributed by atoms with Gasteiger partial charge in [-0.1, -0.05) is 29.5 Å². The van der Waals surface area contributed by atoms with E-state index >= 15 is 0 Å². The molecule has 2 nitrogen and oxygen atoms in total. The molecule has 4 heteroatoms. The normalized spacial score (nSPS) is 9.92. The summed E-state index contributed by atoms with van der Waals surface area (Å²) in [5.41, 5.74) is 0.914. The molecular formula is C9H7FN2S. The minimum absolute atomic E-state index is 0.279. The van der Waals surface area contributed by atoms with Crippen LogP contribution in [0, 0.1) is 5.13 Å². The lowest BCUT2D eigenvalue weighted by Gasteiger charge is -1.99. The van der Waals surface area contributed by atoms with Gasteiger partial charge in [0.05, 0.1) is 6.20 Å². The molecule has 0 bridgehead atoms. The van der Waals surface area contributed by atoms with E-state index in [1.165, 1.54) is 6.20 Å². The number of rotatable bonds is 2. The Bertz CT molecular complexity index is 386. The van der Waals surface area contributed by atoms with Crippen molar-refractivity contribution in [2.45, 2.75) is 0 Å². The average Bonchev–Trinajstić information content (AvgIpc) is 2.53. The van der Waals surface area contributed by atoms with E-state index in [1.807, 2.05) is 30.3 Å². The maximum Gasteiger partial charge on any atom is 0.198 e. The second-order valence-corrected chi connectivity index (χ2v) is 3.44. The molecular weight excluding hydrogens is 187 g/mol. The van der Waals surface area contributed by atoms with E-state index in [0.717, 1.165) is 17.0 Å². The van der Waals surface area contributed by atoms with Gasteiger partial charge in [0.1, 0.15) is 0 Å². The van der Waals surface area contributed by atoms with Crippen LogP contribution in [0.15, 0.2) is 36.5 Å². The monoisotopic (exact) mass is 194 g/mol. The topological polar surface area (TPSA) is 24.9 Å². The zero-order valence-corrected chi connectivity index (χ0v) is 7.51. The van der Waals surface area contributed by atoms with Gasteiger partial charge in [-0.2, -0.15) is 4.39 Å². The third kappa shape index (κ3) is 2.03. The number of anilines is 2. The van der Waals surface area contributed by atoms with Crippen LogP contribution in [0.25, 0.3) is 0 Å². The quantitative estimate of drug-likeness (QED) is 0.794. The molecule has 0 aliphatic carbocycles. The van der Waals surface area contributed by atoms with Crippen molar-refractivity contribution in [3.8, 4) is 0 Å². The molecule has 66 valence electrons. The fourth-order valence-corrected chi connectivity index (χ4v) is 1.52. The van der Waals surface area contributed by atoms with E-state index < -0.39 is 0 Å².